The van der Waals surface area contributed by atoms with Gasteiger partial charge in [0.2, 0.25) is 10.0 Å². The Morgan fingerprint density at radius 3 is 2.78 bits per heavy atom. The molecule has 0 aliphatic carbocycles. The highest BCUT2D eigenvalue weighted by atomic mass is 79.9. The van der Waals surface area contributed by atoms with Crippen LogP contribution >= 0.6 is 15.9 Å². The summed E-state index contributed by atoms with van der Waals surface area (Å²) in [7, 11) is -1.70. The highest BCUT2D eigenvalue weighted by molar-refractivity contribution is 9.10. The largest absolute Gasteiger partial charge is 0.385 e. The fourth-order valence-electron chi connectivity index (χ4n) is 1.57. The van der Waals surface area contributed by atoms with E-state index in [0.29, 0.717) is 13.0 Å². The third kappa shape index (κ3) is 5.48. The number of rotatable bonds is 7. The SMILES string of the molecule is COCCCS(=O)(=O)NC(C)c1cccc(Br)c1. The third-order valence-corrected chi connectivity index (χ3v) is 4.50. The average molecular weight is 336 g/mol. The Bertz CT molecular complexity index is 476. The lowest BCUT2D eigenvalue weighted by molar-refractivity contribution is 0.199. The second kappa shape index (κ2) is 7.23. The summed E-state index contributed by atoms with van der Waals surface area (Å²) in [5.74, 6) is 0.0825. The number of ether oxygens (including phenoxy) is 1. The number of hydrogen-bond acceptors (Lipinski definition) is 3. The van der Waals surface area contributed by atoms with E-state index in [0.717, 1.165) is 10.0 Å². The molecule has 0 bridgehead atoms. The van der Waals surface area contributed by atoms with Gasteiger partial charge in [0.05, 0.1) is 5.75 Å². The van der Waals surface area contributed by atoms with Gasteiger partial charge in [-0.1, -0.05) is 28.1 Å². The fourth-order valence-corrected chi connectivity index (χ4v) is 3.27. The molecular formula is C12H18BrNO3S. The Hall–Kier alpha value is -0.430. The molecule has 18 heavy (non-hydrogen) atoms. The van der Waals surface area contributed by atoms with Gasteiger partial charge in [-0.2, -0.15) is 0 Å². The molecule has 0 saturated heterocycles. The van der Waals surface area contributed by atoms with Gasteiger partial charge in [0, 0.05) is 24.2 Å². The molecule has 0 saturated carbocycles. The maximum Gasteiger partial charge on any atom is 0.212 e. The Morgan fingerprint density at radius 1 is 1.44 bits per heavy atom. The number of methoxy groups -OCH3 is 1. The van der Waals surface area contributed by atoms with Crippen LogP contribution in [0.1, 0.15) is 24.9 Å². The molecule has 1 N–H and O–H groups in total. The van der Waals surface area contributed by atoms with E-state index < -0.39 is 10.0 Å². The second-order valence-corrected chi connectivity index (χ2v) is 6.85. The second-order valence-electron chi connectivity index (χ2n) is 4.06. The van der Waals surface area contributed by atoms with Crippen LogP contribution in [-0.2, 0) is 14.8 Å². The van der Waals surface area contributed by atoms with Crippen molar-refractivity contribution in [2.45, 2.75) is 19.4 Å². The summed E-state index contributed by atoms with van der Waals surface area (Å²) in [5.41, 5.74) is 0.930. The van der Waals surface area contributed by atoms with Crippen molar-refractivity contribution in [1.29, 1.82) is 0 Å². The molecular weight excluding hydrogens is 318 g/mol. The quantitative estimate of drug-likeness (QED) is 0.778. The Kier molecular flexibility index (Phi) is 6.28. The summed E-state index contributed by atoms with van der Waals surface area (Å²) in [4.78, 5) is 0. The van der Waals surface area contributed by atoms with Crippen LogP contribution in [0.4, 0.5) is 0 Å². The van der Waals surface area contributed by atoms with Gasteiger partial charge in [0.15, 0.2) is 0 Å². The maximum atomic E-state index is 11.8. The first kappa shape index (κ1) is 15.6. The topological polar surface area (TPSA) is 55.4 Å². The fraction of sp³-hybridized carbons (Fsp3) is 0.500. The van der Waals surface area contributed by atoms with E-state index in [1.807, 2.05) is 31.2 Å². The first-order valence-corrected chi connectivity index (χ1v) is 8.13. The zero-order valence-corrected chi connectivity index (χ0v) is 12.9. The van der Waals surface area contributed by atoms with Crippen molar-refractivity contribution in [3.8, 4) is 0 Å². The first-order valence-electron chi connectivity index (χ1n) is 5.69. The molecule has 1 aromatic rings. The molecule has 4 nitrogen and oxygen atoms in total. The average Bonchev–Trinajstić information content (AvgIpc) is 2.28. The summed E-state index contributed by atoms with van der Waals surface area (Å²) in [5, 5.41) is 0. The normalized spacial score (nSPS) is 13.5. The third-order valence-electron chi connectivity index (χ3n) is 2.47. The minimum atomic E-state index is -3.26. The number of halogens is 1. The molecule has 0 spiro atoms. The van der Waals surface area contributed by atoms with Crippen LogP contribution in [0.3, 0.4) is 0 Å². The predicted octanol–water partition coefficient (Wildman–Crippen LogP) is 2.47. The maximum absolute atomic E-state index is 11.8. The van der Waals surface area contributed by atoms with Crippen molar-refractivity contribution in [3.05, 3.63) is 34.3 Å². The highest BCUT2D eigenvalue weighted by Crippen LogP contribution is 2.18. The first-order chi connectivity index (χ1) is 8.44. The van der Waals surface area contributed by atoms with Crippen LogP contribution in [-0.4, -0.2) is 27.9 Å². The molecule has 0 radical (unpaired) electrons. The van der Waals surface area contributed by atoms with Gasteiger partial charge in [-0.15, -0.1) is 0 Å². The van der Waals surface area contributed by atoms with Gasteiger partial charge in [-0.05, 0) is 31.0 Å². The molecule has 1 unspecified atom stereocenters. The molecule has 0 fully saturated rings. The zero-order valence-electron chi connectivity index (χ0n) is 10.5. The van der Waals surface area contributed by atoms with E-state index in [4.69, 9.17) is 4.74 Å². The van der Waals surface area contributed by atoms with Crippen LogP contribution in [0.5, 0.6) is 0 Å². The summed E-state index contributed by atoms with van der Waals surface area (Å²) in [6.07, 6.45) is 0.497. The van der Waals surface area contributed by atoms with Gasteiger partial charge in [0.1, 0.15) is 0 Å². The summed E-state index contributed by atoms with van der Waals surface area (Å²) in [6, 6.07) is 7.35. The van der Waals surface area contributed by atoms with Crippen molar-refractivity contribution < 1.29 is 13.2 Å². The zero-order chi connectivity index (χ0) is 13.6. The Labute approximate surface area is 117 Å². The standard InChI is InChI=1S/C12H18BrNO3S/c1-10(11-5-3-6-12(13)9-11)14-18(15,16)8-4-7-17-2/h3,5-6,9-10,14H,4,7-8H2,1-2H3. The Morgan fingerprint density at radius 2 is 2.17 bits per heavy atom. The van der Waals surface area contributed by atoms with Gasteiger partial charge in [-0.25, -0.2) is 13.1 Å². The van der Waals surface area contributed by atoms with E-state index >= 15 is 0 Å². The molecule has 1 rings (SSSR count). The molecule has 1 aromatic carbocycles. The van der Waals surface area contributed by atoms with Crippen LogP contribution in [0.25, 0.3) is 0 Å². The van der Waals surface area contributed by atoms with Crippen molar-refractivity contribution in [2.24, 2.45) is 0 Å². The summed E-state index contributed by atoms with van der Waals surface area (Å²) in [6.45, 7) is 2.28. The van der Waals surface area contributed by atoms with Crippen LogP contribution in [0.15, 0.2) is 28.7 Å². The molecule has 0 heterocycles. The Balaban J connectivity index is 2.61. The van der Waals surface area contributed by atoms with Crippen molar-refractivity contribution in [1.82, 2.24) is 4.72 Å². The smallest absolute Gasteiger partial charge is 0.212 e. The number of nitrogens with one attached hydrogen (secondary N) is 1. The van der Waals surface area contributed by atoms with E-state index in [1.54, 1.807) is 7.11 Å². The lowest BCUT2D eigenvalue weighted by atomic mass is 10.1. The van der Waals surface area contributed by atoms with Crippen molar-refractivity contribution in [2.75, 3.05) is 19.5 Å². The molecule has 0 aliphatic rings. The molecule has 1 atom stereocenters. The van der Waals surface area contributed by atoms with E-state index in [1.165, 1.54) is 0 Å². The van der Waals surface area contributed by atoms with Gasteiger partial charge >= 0.3 is 0 Å². The van der Waals surface area contributed by atoms with E-state index in [2.05, 4.69) is 20.7 Å². The molecule has 6 heteroatoms. The summed E-state index contributed by atoms with van der Waals surface area (Å²) < 4.78 is 32.0. The van der Waals surface area contributed by atoms with E-state index in [-0.39, 0.29) is 11.8 Å². The lowest BCUT2D eigenvalue weighted by Crippen LogP contribution is -2.29. The molecule has 0 aliphatic heterocycles. The van der Waals surface area contributed by atoms with Crippen molar-refractivity contribution in [3.63, 3.8) is 0 Å². The minimum Gasteiger partial charge on any atom is -0.385 e. The number of sulfonamides is 1. The summed E-state index contributed by atoms with van der Waals surface area (Å²) >= 11 is 3.37. The van der Waals surface area contributed by atoms with Gasteiger partial charge in [0.25, 0.3) is 0 Å². The number of benzene rings is 1. The predicted molar refractivity (Wildman–Crippen MR) is 76.0 cm³/mol. The molecule has 0 aromatic heterocycles. The van der Waals surface area contributed by atoms with Crippen molar-refractivity contribution >= 4 is 26.0 Å². The molecule has 102 valence electrons. The monoisotopic (exact) mass is 335 g/mol. The van der Waals surface area contributed by atoms with Crippen LogP contribution in [0, 0.1) is 0 Å². The van der Waals surface area contributed by atoms with Crippen LogP contribution < -0.4 is 4.72 Å². The lowest BCUT2D eigenvalue weighted by Gasteiger charge is -2.14. The molecule has 0 amide bonds. The number of hydrogen-bond donors (Lipinski definition) is 1. The van der Waals surface area contributed by atoms with Crippen LogP contribution in [0.2, 0.25) is 0 Å². The van der Waals surface area contributed by atoms with E-state index in [9.17, 15) is 8.42 Å². The highest BCUT2D eigenvalue weighted by Gasteiger charge is 2.15. The minimum absolute atomic E-state index is 0.0825. The van der Waals surface area contributed by atoms with Gasteiger partial charge < -0.3 is 4.74 Å². The van der Waals surface area contributed by atoms with Gasteiger partial charge in [-0.3, -0.25) is 0 Å².